The van der Waals surface area contributed by atoms with Crippen molar-refractivity contribution < 1.29 is 8.42 Å². The zero-order valence-electron chi connectivity index (χ0n) is 11.8. The van der Waals surface area contributed by atoms with E-state index in [1.54, 1.807) is 19.3 Å². The number of allylic oxidation sites excluding steroid dienone is 1. The van der Waals surface area contributed by atoms with Gasteiger partial charge < -0.3 is 5.32 Å². The first kappa shape index (κ1) is 15.2. The highest BCUT2D eigenvalue weighted by Gasteiger charge is 2.27. The minimum Gasteiger partial charge on any atom is -0.310 e. The van der Waals surface area contributed by atoms with Gasteiger partial charge in [-0.15, -0.1) is 6.58 Å². The van der Waals surface area contributed by atoms with Crippen molar-refractivity contribution in [1.82, 2.24) is 19.8 Å². The SMILES string of the molecule is C=CCCCN(C)S(=O)(=O)c1[nH]ncc1CNC1CC1. The molecule has 2 rings (SSSR count). The first-order valence-electron chi connectivity index (χ1n) is 6.88. The number of nitrogens with zero attached hydrogens (tertiary/aromatic N) is 2. The normalized spacial score (nSPS) is 15.7. The van der Waals surface area contributed by atoms with E-state index in [4.69, 9.17) is 0 Å². The van der Waals surface area contributed by atoms with E-state index < -0.39 is 10.0 Å². The lowest BCUT2D eigenvalue weighted by Crippen LogP contribution is -2.29. The van der Waals surface area contributed by atoms with Gasteiger partial charge >= 0.3 is 0 Å². The molecule has 1 fully saturated rings. The topological polar surface area (TPSA) is 78.1 Å². The van der Waals surface area contributed by atoms with Crippen LogP contribution in [-0.4, -0.2) is 42.6 Å². The van der Waals surface area contributed by atoms with Gasteiger partial charge in [0, 0.05) is 31.7 Å². The molecule has 0 bridgehead atoms. The molecule has 2 N–H and O–H groups in total. The second kappa shape index (κ2) is 6.51. The van der Waals surface area contributed by atoms with Crippen LogP contribution in [0.1, 0.15) is 31.2 Å². The first-order chi connectivity index (χ1) is 9.55. The summed E-state index contributed by atoms with van der Waals surface area (Å²) in [7, 11) is -1.90. The molecule has 0 radical (unpaired) electrons. The van der Waals surface area contributed by atoms with Crippen LogP contribution >= 0.6 is 0 Å². The van der Waals surface area contributed by atoms with Gasteiger partial charge in [-0.3, -0.25) is 5.10 Å². The lowest BCUT2D eigenvalue weighted by Gasteiger charge is -2.16. The van der Waals surface area contributed by atoms with Gasteiger partial charge in [-0.2, -0.15) is 9.40 Å². The Morgan fingerprint density at radius 2 is 2.35 bits per heavy atom. The van der Waals surface area contributed by atoms with Gasteiger partial charge in [-0.1, -0.05) is 6.08 Å². The Bertz CT molecular complexity index is 548. The van der Waals surface area contributed by atoms with E-state index in [0.717, 1.165) is 12.8 Å². The van der Waals surface area contributed by atoms with Crippen LogP contribution in [0, 0.1) is 0 Å². The number of rotatable bonds is 9. The highest BCUT2D eigenvalue weighted by molar-refractivity contribution is 7.89. The smallest absolute Gasteiger partial charge is 0.260 e. The molecule has 0 atom stereocenters. The maximum absolute atomic E-state index is 12.5. The predicted molar refractivity (Wildman–Crippen MR) is 77.7 cm³/mol. The molecule has 20 heavy (non-hydrogen) atoms. The maximum atomic E-state index is 12.5. The van der Waals surface area contributed by atoms with Crippen molar-refractivity contribution in [2.45, 2.75) is 43.3 Å². The number of H-pyrrole nitrogens is 1. The van der Waals surface area contributed by atoms with Crippen LogP contribution in [0.25, 0.3) is 0 Å². The maximum Gasteiger partial charge on any atom is 0.260 e. The van der Waals surface area contributed by atoms with E-state index in [1.165, 1.54) is 17.1 Å². The number of hydrogen-bond donors (Lipinski definition) is 2. The molecule has 0 aromatic carbocycles. The number of hydrogen-bond acceptors (Lipinski definition) is 4. The summed E-state index contributed by atoms with van der Waals surface area (Å²) < 4.78 is 26.3. The van der Waals surface area contributed by atoms with Gasteiger partial charge in [0.05, 0.1) is 6.20 Å². The summed E-state index contributed by atoms with van der Waals surface area (Å²) >= 11 is 0. The molecule has 1 aromatic rings. The summed E-state index contributed by atoms with van der Waals surface area (Å²) in [5.74, 6) is 0. The molecule has 1 aliphatic rings. The molecular formula is C13H22N4O2S. The minimum absolute atomic E-state index is 0.201. The summed E-state index contributed by atoms with van der Waals surface area (Å²) in [6.07, 6.45) is 7.28. The monoisotopic (exact) mass is 298 g/mol. The zero-order valence-corrected chi connectivity index (χ0v) is 12.6. The van der Waals surface area contributed by atoms with Gasteiger partial charge in [0.2, 0.25) is 0 Å². The summed E-state index contributed by atoms with van der Waals surface area (Å²) in [5.41, 5.74) is 0.701. The molecule has 6 nitrogen and oxygen atoms in total. The third-order valence-electron chi connectivity index (χ3n) is 3.39. The fraction of sp³-hybridized carbons (Fsp3) is 0.615. The van der Waals surface area contributed by atoms with Gasteiger partial charge in [0.25, 0.3) is 10.0 Å². The number of aromatic nitrogens is 2. The van der Waals surface area contributed by atoms with Crippen LogP contribution in [0.4, 0.5) is 0 Å². The largest absolute Gasteiger partial charge is 0.310 e. The van der Waals surface area contributed by atoms with Crippen LogP contribution in [0.15, 0.2) is 23.9 Å². The fourth-order valence-corrected chi connectivity index (χ4v) is 3.23. The predicted octanol–water partition coefficient (Wildman–Crippen LogP) is 1.25. The quantitative estimate of drug-likeness (QED) is 0.531. The van der Waals surface area contributed by atoms with Crippen LogP contribution in [0.3, 0.4) is 0 Å². The third kappa shape index (κ3) is 3.68. The van der Waals surface area contributed by atoms with Crippen LogP contribution in [-0.2, 0) is 16.6 Å². The molecule has 1 saturated carbocycles. The average molecular weight is 298 g/mol. The van der Waals surface area contributed by atoms with Gasteiger partial charge in [-0.25, -0.2) is 8.42 Å². The van der Waals surface area contributed by atoms with Crippen molar-refractivity contribution in [2.75, 3.05) is 13.6 Å². The number of aromatic amines is 1. The van der Waals surface area contributed by atoms with Crippen LogP contribution < -0.4 is 5.32 Å². The van der Waals surface area contributed by atoms with Crippen LogP contribution in [0.2, 0.25) is 0 Å². The molecule has 112 valence electrons. The van der Waals surface area contributed by atoms with E-state index in [1.807, 2.05) is 0 Å². The molecule has 0 spiro atoms. The van der Waals surface area contributed by atoms with E-state index in [9.17, 15) is 8.42 Å². The Balaban J connectivity index is 2.03. The van der Waals surface area contributed by atoms with Gasteiger partial charge in [-0.05, 0) is 25.7 Å². The highest BCUT2D eigenvalue weighted by atomic mass is 32.2. The van der Waals surface area contributed by atoms with E-state index in [2.05, 4.69) is 22.1 Å². The molecule has 1 aliphatic carbocycles. The number of unbranched alkanes of at least 4 members (excludes halogenated alkanes) is 1. The zero-order chi connectivity index (χ0) is 14.6. The Morgan fingerprint density at radius 1 is 1.60 bits per heavy atom. The Labute approximate surface area is 120 Å². The molecule has 7 heteroatoms. The molecule has 0 saturated heterocycles. The summed E-state index contributed by atoms with van der Waals surface area (Å²) in [4.78, 5) is 0. The van der Waals surface area contributed by atoms with Crippen LogP contribution in [0.5, 0.6) is 0 Å². The van der Waals surface area contributed by atoms with Crippen molar-refractivity contribution in [2.24, 2.45) is 0 Å². The Hall–Kier alpha value is -1.18. The summed E-state index contributed by atoms with van der Waals surface area (Å²) in [6, 6.07) is 0.533. The Morgan fingerprint density at radius 3 is 3.00 bits per heavy atom. The first-order valence-corrected chi connectivity index (χ1v) is 8.32. The van der Waals surface area contributed by atoms with E-state index >= 15 is 0 Å². The van der Waals surface area contributed by atoms with E-state index in [0.29, 0.717) is 24.7 Å². The minimum atomic E-state index is -3.49. The second-order valence-corrected chi connectivity index (χ2v) is 7.12. The lowest BCUT2D eigenvalue weighted by atomic mass is 10.3. The summed E-state index contributed by atoms with van der Waals surface area (Å²) in [6.45, 7) is 4.65. The molecule has 0 amide bonds. The highest BCUT2D eigenvalue weighted by Crippen LogP contribution is 2.21. The third-order valence-corrected chi connectivity index (χ3v) is 5.26. The van der Waals surface area contributed by atoms with Gasteiger partial charge in [0.15, 0.2) is 5.03 Å². The number of sulfonamides is 1. The fourth-order valence-electron chi connectivity index (χ4n) is 1.92. The molecule has 0 aliphatic heterocycles. The van der Waals surface area contributed by atoms with Crippen molar-refractivity contribution in [3.8, 4) is 0 Å². The molecule has 1 heterocycles. The standard InChI is InChI=1S/C13H22N4O2S/c1-3-4-5-8-17(2)20(18,19)13-11(10-15-16-13)9-14-12-6-7-12/h3,10,12,14H,1,4-9H2,2H3,(H,15,16). The number of nitrogens with one attached hydrogen (secondary N) is 2. The summed E-state index contributed by atoms with van der Waals surface area (Å²) in [5, 5.41) is 10.0. The molecule has 0 unspecified atom stereocenters. The lowest BCUT2D eigenvalue weighted by molar-refractivity contribution is 0.458. The molecular weight excluding hydrogens is 276 g/mol. The second-order valence-electron chi connectivity index (χ2n) is 5.14. The van der Waals surface area contributed by atoms with Crippen molar-refractivity contribution in [3.63, 3.8) is 0 Å². The van der Waals surface area contributed by atoms with Crippen molar-refractivity contribution in [3.05, 3.63) is 24.4 Å². The van der Waals surface area contributed by atoms with Gasteiger partial charge in [0.1, 0.15) is 0 Å². The van der Waals surface area contributed by atoms with Crippen molar-refractivity contribution >= 4 is 10.0 Å². The average Bonchev–Trinajstić information content (AvgIpc) is 3.12. The van der Waals surface area contributed by atoms with Crippen molar-refractivity contribution in [1.29, 1.82) is 0 Å². The Kier molecular flexibility index (Phi) is 4.95. The molecule has 1 aromatic heterocycles. The van der Waals surface area contributed by atoms with E-state index in [-0.39, 0.29) is 5.03 Å².